The van der Waals surface area contributed by atoms with E-state index in [-0.39, 0.29) is 0 Å². The standard InChI is InChI=1S/C7H12/c1-3-5-7-6-4-2/h3,5-6H,1,4,7H2,2H3. The van der Waals surface area contributed by atoms with E-state index in [9.17, 15) is 0 Å². The lowest BCUT2D eigenvalue weighted by atomic mass is 10.2. The average molecular weight is 96.2 g/mol. The Balaban J connectivity index is 2.69. The topological polar surface area (TPSA) is 0 Å². The zero-order valence-corrected chi connectivity index (χ0v) is 4.85. The first-order chi connectivity index (χ1) is 3.41. The molecule has 0 aliphatic carbocycles. The van der Waals surface area contributed by atoms with Crippen LogP contribution >= 0.6 is 0 Å². The monoisotopic (exact) mass is 96.1 g/mol. The molecule has 0 nitrogen and oxygen atoms in total. The minimum absolute atomic E-state index is 1.07. The predicted octanol–water partition coefficient (Wildman–Crippen LogP) is 2.38. The summed E-state index contributed by atoms with van der Waals surface area (Å²) in [7, 11) is 0. The molecule has 0 atom stereocenters. The molecule has 0 aliphatic heterocycles. The second-order valence-corrected chi connectivity index (χ2v) is 1.40. The Morgan fingerprint density at radius 3 is 2.71 bits per heavy atom. The summed E-state index contributed by atoms with van der Waals surface area (Å²) >= 11 is 0. The molecule has 0 amide bonds. The molecule has 0 fully saturated rings. The highest BCUT2D eigenvalue weighted by Gasteiger charge is 1.73. The van der Waals surface area contributed by atoms with Crippen molar-refractivity contribution in [1.29, 1.82) is 0 Å². The maximum atomic E-state index is 3.56. The summed E-state index contributed by atoms with van der Waals surface area (Å²) in [5.41, 5.74) is 0. The van der Waals surface area contributed by atoms with Gasteiger partial charge in [0, 0.05) is 0 Å². The summed E-state index contributed by atoms with van der Waals surface area (Å²) in [4.78, 5) is 0. The van der Waals surface area contributed by atoms with Crippen molar-refractivity contribution in [2.75, 3.05) is 0 Å². The first-order valence-electron chi connectivity index (χ1n) is 2.67. The van der Waals surface area contributed by atoms with Crippen LogP contribution in [0.3, 0.4) is 0 Å². The first-order valence-corrected chi connectivity index (χ1v) is 2.67. The van der Waals surface area contributed by atoms with Crippen LogP contribution < -0.4 is 0 Å². The molecule has 0 aromatic carbocycles. The third-order valence-electron chi connectivity index (χ3n) is 0.758. The van der Waals surface area contributed by atoms with Gasteiger partial charge in [-0.15, -0.1) is 0 Å². The Bertz CT molecular complexity index is 44.0. The Morgan fingerprint density at radius 2 is 2.29 bits per heavy atom. The molecule has 2 radical (unpaired) electrons. The summed E-state index contributed by atoms with van der Waals surface area (Å²) < 4.78 is 0. The first kappa shape index (κ1) is 6.74. The van der Waals surface area contributed by atoms with Gasteiger partial charge in [0.25, 0.3) is 0 Å². The van der Waals surface area contributed by atoms with E-state index in [4.69, 9.17) is 0 Å². The summed E-state index contributed by atoms with van der Waals surface area (Å²) in [6, 6.07) is 0. The predicted molar refractivity (Wildman–Crippen MR) is 33.7 cm³/mol. The van der Waals surface area contributed by atoms with Crippen molar-refractivity contribution in [2.24, 2.45) is 0 Å². The zero-order chi connectivity index (χ0) is 5.54. The van der Waals surface area contributed by atoms with Crippen LogP contribution in [-0.2, 0) is 0 Å². The van der Waals surface area contributed by atoms with Crippen molar-refractivity contribution < 1.29 is 0 Å². The molecule has 0 rings (SSSR count). The number of hydrogen-bond acceptors (Lipinski definition) is 0. The van der Waals surface area contributed by atoms with Crippen LogP contribution in [0.4, 0.5) is 0 Å². The van der Waals surface area contributed by atoms with Crippen LogP contribution in [0.15, 0.2) is 12.2 Å². The van der Waals surface area contributed by atoms with E-state index in [2.05, 4.69) is 20.3 Å². The van der Waals surface area contributed by atoms with Gasteiger partial charge >= 0.3 is 0 Å². The van der Waals surface area contributed by atoms with Gasteiger partial charge in [0.05, 0.1) is 0 Å². The summed E-state index contributed by atoms with van der Waals surface area (Å²) in [5, 5.41) is 0. The van der Waals surface area contributed by atoms with Crippen molar-refractivity contribution in [3.8, 4) is 0 Å². The number of unbranched alkanes of at least 4 members (excludes halogenated alkanes) is 2. The maximum absolute atomic E-state index is 3.56. The lowest BCUT2D eigenvalue weighted by Crippen LogP contribution is -1.65. The second-order valence-electron chi connectivity index (χ2n) is 1.40. The normalized spacial score (nSPS) is 10.6. The fraction of sp³-hybridized carbons (Fsp3) is 0.429. The Labute approximate surface area is 46.2 Å². The van der Waals surface area contributed by atoms with Crippen LogP contribution in [0, 0.1) is 13.3 Å². The van der Waals surface area contributed by atoms with Gasteiger partial charge in [-0.2, -0.15) is 0 Å². The fourth-order valence-electron chi connectivity index (χ4n) is 0.359. The number of hydrogen-bond donors (Lipinski definition) is 0. The Hall–Kier alpha value is -0.260. The van der Waals surface area contributed by atoms with Gasteiger partial charge in [0.15, 0.2) is 0 Å². The van der Waals surface area contributed by atoms with Crippen LogP contribution in [0.25, 0.3) is 0 Å². The Morgan fingerprint density at radius 1 is 1.57 bits per heavy atom. The quantitative estimate of drug-likeness (QED) is 0.473. The minimum Gasteiger partial charge on any atom is -0.0882 e. The van der Waals surface area contributed by atoms with E-state index in [0.717, 1.165) is 12.8 Å². The molecule has 0 aromatic rings. The van der Waals surface area contributed by atoms with E-state index in [1.165, 1.54) is 0 Å². The molecule has 0 aromatic heterocycles. The van der Waals surface area contributed by atoms with Gasteiger partial charge in [-0.25, -0.2) is 0 Å². The maximum Gasteiger partial charge on any atom is -0.0316 e. The molecule has 0 heteroatoms. The largest absolute Gasteiger partial charge is 0.0882 e. The molecular weight excluding hydrogens is 84.1 g/mol. The molecule has 0 aliphatic rings. The zero-order valence-electron chi connectivity index (χ0n) is 4.85. The summed E-state index contributed by atoms with van der Waals surface area (Å²) in [5.74, 6) is 0. The third-order valence-corrected chi connectivity index (χ3v) is 0.758. The molecule has 0 bridgehead atoms. The van der Waals surface area contributed by atoms with Gasteiger partial charge in [0.2, 0.25) is 0 Å². The van der Waals surface area contributed by atoms with E-state index >= 15 is 0 Å². The van der Waals surface area contributed by atoms with Gasteiger partial charge in [0.1, 0.15) is 0 Å². The van der Waals surface area contributed by atoms with Gasteiger partial charge in [-0.05, 0) is 19.8 Å². The third kappa shape index (κ3) is 5.74. The van der Waals surface area contributed by atoms with Crippen LogP contribution in [0.5, 0.6) is 0 Å². The van der Waals surface area contributed by atoms with E-state index < -0.39 is 0 Å². The molecule has 0 saturated heterocycles. The van der Waals surface area contributed by atoms with E-state index in [1.54, 1.807) is 0 Å². The molecular formula is C7H12. The van der Waals surface area contributed by atoms with Gasteiger partial charge in [-0.1, -0.05) is 25.5 Å². The van der Waals surface area contributed by atoms with Gasteiger partial charge in [-0.3, -0.25) is 0 Å². The molecule has 0 heterocycles. The second kappa shape index (κ2) is 5.74. The van der Waals surface area contributed by atoms with Crippen LogP contribution in [0.2, 0.25) is 0 Å². The van der Waals surface area contributed by atoms with Crippen LogP contribution in [0.1, 0.15) is 19.8 Å². The fourth-order valence-corrected chi connectivity index (χ4v) is 0.359. The van der Waals surface area contributed by atoms with E-state index in [1.807, 2.05) is 12.2 Å². The minimum atomic E-state index is 1.07. The highest BCUT2D eigenvalue weighted by atomic mass is 13.8. The van der Waals surface area contributed by atoms with E-state index in [0.29, 0.717) is 0 Å². The Kier molecular flexibility index (Phi) is 5.53. The average Bonchev–Trinajstić information content (AvgIpc) is 1.69. The highest BCUT2D eigenvalue weighted by Crippen LogP contribution is 1.91. The summed E-state index contributed by atoms with van der Waals surface area (Å²) in [6.07, 6.45) is 8.31. The SMILES string of the molecule is [CH2]C=CC[CH]CC. The molecule has 7 heavy (non-hydrogen) atoms. The van der Waals surface area contributed by atoms with Crippen molar-refractivity contribution in [3.05, 3.63) is 25.5 Å². The van der Waals surface area contributed by atoms with Crippen LogP contribution in [-0.4, -0.2) is 0 Å². The molecule has 0 saturated carbocycles. The highest BCUT2D eigenvalue weighted by molar-refractivity contribution is 4.87. The summed E-state index contributed by atoms with van der Waals surface area (Å²) in [6.45, 7) is 5.69. The molecule has 0 unspecified atom stereocenters. The molecule has 0 N–H and O–H groups in total. The number of allylic oxidation sites excluding steroid dienone is 2. The number of rotatable bonds is 3. The van der Waals surface area contributed by atoms with Crippen molar-refractivity contribution >= 4 is 0 Å². The molecule has 0 spiro atoms. The molecule has 40 valence electrons. The lowest BCUT2D eigenvalue weighted by Gasteiger charge is -1.83. The van der Waals surface area contributed by atoms with Crippen molar-refractivity contribution in [1.82, 2.24) is 0 Å². The lowest BCUT2D eigenvalue weighted by molar-refractivity contribution is 1.03. The van der Waals surface area contributed by atoms with Gasteiger partial charge < -0.3 is 0 Å². The van der Waals surface area contributed by atoms with Crippen molar-refractivity contribution in [3.63, 3.8) is 0 Å². The van der Waals surface area contributed by atoms with Crippen molar-refractivity contribution in [2.45, 2.75) is 19.8 Å². The smallest absolute Gasteiger partial charge is 0.0316 e.